The van der Waals surface area contributed by atoms with Crippen molar-refractivity contribution in [2.24, 2.45) is 0 Å². The number of methoxy groups -OCH3 is 1. The quantitative estimate of drug-likeness (QED) is 0.731. The maximum Gasteiger partial charge on any atom is 0.122 e. The highest BCUT2D eigenvalue weighted by molar-refractivity contribution is 5.26. The number of aromatic nitrogens is 1. The molecule has 1 aromatic rings. The smallest absolute Gasteiger partial charge is 0.122 e. The fourth-order valence-corrected chi connectivity index (χ4v) is 1.92. The average molecular weight is 265 g/mol. The third-order valence-corrected chi connectivity index (χ3v) is 3.51. The van der Waals surface area contributed by atoms with Crippen LogP contribution in [0.25, 0.3) is 0 Å². The van der Waals surface area contributed by atoms with Crippen LogP contribution in [0.3, 0.4) is 0 Å². The highest BCUT2D eigenvalue weighted by Crippen LogP contribution is 2.12. The topological polar surface area (TPSA) is 37.4 Å². The Labute approximate surface area is 117 Å². The van der Waals surface area contributed by atoms with Gasteiger partial charge in [0.1, 0.15) is 5.75 Å². The van der Waals surface area contributed by atoms with Gasteiger partial charge in [-0.15, -0.1) is 0 Å². The standard InChI is InChI=1S/C15H27N3O/c1-6-13(3)18(4)8-7-16-11-14-10-15(19-5)9-12(2)17-14/h9-10,13,16H,6-8,11H2,1-5H3. The molecule has 0 spiro atoms. The Morgan fingerprint density at radius 1 is 1.42 bits per heavy atom. The van der Waals surface area contributed by atoms with E-state index in [9.17, 15) is 0 Å². The minimum atomic E-state index is 0.638. The summed E-state index contributed by atoms with van der Waals surface area (Å²) in [5, 5.41) is 3.43. The minimum Gasteiger partial charge on any atom is -0.497 e. The molecule has 0 fully saturated rings. The van der Waals surface area contributed by atoms with Crippen LogP contribution in [0, 0.1) is 6.92 Å². The van der Waals surface area contributed by atoms with Crippen molar-refractivity contribution in [3.63, 3.8) is 0 Å². The zero-order valence-electron chi connectivity index (χ0n) is 12.9. The summed E-state index contributed by atoms with van der Waals surface area (Å²) in [5.41, 5.74) is 2.02. The molecule has 19 heavy (non-hydrogen) atoms. The van der Waals surface area contributed by atoms with Crippen LogP contribution in [0.5, 0.6) is 5.75 Å². The number of pyridine rings is 1. The lowest BCUT2D eigenvalue weighted by Gasteiger charge is -2.23. The Bertz CT molecular complexity index is 382. The summed E-state index contributed by atoms with van der Waals surface area (Å²) < 4.78 is 5.25. The van der Waals surface area contributed by atoms with E-state index in [0.717, 1.165) is 36.8 Å². The van der Waals surface area contributed by atoms with Crippen LogP contribution in [0.15, 0.2) is 12.1 Å². The fourth-order valence-electron chi connectivity index (χ4n) is 1.92. The number of nitrogens with zero attached hydrogens (tertiary/aromatic N) is 2. The van der Waals surface area contributed by atoms with E-state index in [1.165, 1.54) is 6.42 Å². The molecular formula is C15H27N3O. The van der Waals surface area contributed by atoms with Gasteiger partial charge in [0, 0.05) is 43.5 Å². The van der Waals surface area contributed by atoms with Gasteiger partial charge in [-0.1, -0.05) is 6.92 Å². The molecule has 0 aliphatic carbocycles. The molecule has 1 aromatic heterocycles. The first kappa shape index (κ1) is 15.9. The first-order chi connectivity index (χ1) is 9.06. The molecule has 4 nitrogen and oxygen atoms in total. The van der Waals surface area contributed by atoms with Gasteiger partial charge >= 0.3 is 0 Å². The van der Waals surface area contributed by atoms with Crippen LogP contribution in [0.1, 0.15) is 31.7 Å². The molecule has 1 N–H and O–H groups in total. The van der Waals surface area contributed by atoms with Crippen molar-refractivity contribution in [1.82, 2.24) is 15.2 Å². The van der Waals surface area contributed by atoms with Crippen molar-refractivity contribution in [2.45, 2.75) is 39.8 Å². The monoisotopic (exact) mass is 265 g/mol. The van der Waals surface area contributed by atoms with Gasteiger partial charge in [-0.3, -0.25) is 4.98 Å². The molecule has 0 radical (unpaired) electrons. The number of ether oxygens (including phenoxy) is 1. The molecular weight excluding hydrogens is 238 g/mol. The molecule has 4 heteroatoms. The van der Waals surface area contributed by atoms with Gasteiger partial charge in [0.15, 0.2) is 0 Å². The van der Waals surface area contributed by atoms with Crippen molar-refractivity contribution in [2.75, 3.05) is 27.2 Å². The van der Waals surface area contributed by atoms with E-state index in [2.05, 4.69) is 36.1 Å². The lowest BCUT2D eigenvalue weighted by atomic mass is 10.2. The third-order valence-electron chi connectivity index (χ3n) is 3.51. The number of hydrogen-bond donors (Lipinski definition) is 1. The van der Waals surface area contributed by atoms with Crippen molar-refractivity contribution in [1.29, 1.82) is 0 Å². The molecule has 0 aromatic carbocycles. The zero-order chi connectivity index (χ0) is 14.3. The van der Waals surface area contributed by atoms with Gasteiger partial charge in [0.25, 0.3) is 0 Å². The normalized spacial score (nSPS) is 12.7. The molecule has 108 valence electrons. The summed E-state index contributed by atoms with van der Waals surface area (Å²) in [6.45, 7) is 9.27. The Balaban J connectivity index is 2.35. The van der Waals surface area contributed by atoms with E-state index in [1.54, 1.807) is 7.11 Å². The Hall–Kier alpha value is -1.13. The number of aryl methyl sites for hydroxylation is 1. The van der Waals surface area contributed by atoms with E-state index in [-0.39, 0.29) is 0 Å². The predicted molar refractivity (Wildman–Crippen MR) is 79.6 cm³/mol. The maximum absolute atomic E-state index is 5.25. The lowest BCUT2D eigenvalue weighted by Crippen LogP contribution is -2.34. The summed E-state index contributed by atoms with van der Waals surface area (Å²) in [6.07, 6.45) is 1.19. The molecule has 0 aliphatic heterocycles. The Morgan fingerprint density at radius 3 is 2.79 bits per heavy atom. The van der Waals surface area contributed by atoms with E-state index >= 15 is 0 Å². The second-order valence-electron chi connectivity index (χ2n) is 5.05. The average Bonchev–Trinajstić information content (AvgIpc) is 2.41. The maximum atomic E-state index is 5.25. The van der Waals surface area contributed by atoms with Crippen LogP contribution in [0.4, 0.5) is 0 Å². The molecule has 1 rings (SSSR count). The van der Waals surface area contributed by atoms with E-state index in [0.29, 0.717) is 6.04 Å². The number of rotatable bonds is 8. The SMILES string of the molecule is CCC(C)N(C)CCNCc1cc(OC)cc(C)n1. The van der Waals surface area contributed by atoms with Crippen LogP contribution in [-0.4, -0.2) is 43.2 Å². The van der Waals surface area contributed by atoms with Gasteiger partial charge < -0.3 is 15.0 Å². The zero-order valence-corrected chi connectivity index (χ0v) is 12.9. The van der Waals surface area contributed by atoms with Crippen molar-refractivity contribution >= 4 is 0 Å². The van der Waals surface area contributed by atoms with Gasteiger partial charge in [0.05, 0.1) is 12.8 Å². The largest absolute Gasteiger partial charge is 0.497 e. The first-order valence-corrected chi connectivity index (χ1v) is 6.99. The number of nitrogens with one attached hydrogen (secondary N) is 1. The lowest BCUT2D eigenvalue weighted by molar-refractivity contribution is 0.251. The Kier molecular flexibility index (Phi) is 6.81. The molecule has 0 bridgehead atoms. The molecule has 0 aliphatic rings. The highest BCUT2D eigenvalue weighted by Gasteiger charge is 2.05. The van der Waals surface area contributed by atoms with Crippen LogP contribution in [-0.2, 0) is 6.54 Å². The minimum absolute atomic E-state index is 0.638. The second kappa shape index (κ2) is 8.12. The van der Waals surface area contributed by atoms with Gasteiger partial charge in [-0.05, 0) is 27.3 Å². The van der Waals surface area contributed by atoms with Crippen molar-refractivity contribution < 1.29 is 4.74 Å². The van der Waals surface area contributed by atoms with E-state index in [4.69, 9.17) is 4.74 Å². The van der Waals surface area contributed by atoms with Crippen LogP contribution in [0.2, 0.25) is 0 Å². The van der Waals surface area contributed by atoms with Gasteiger partial charge in [-0.25, -0.2) is 0 Å². The van der Waals surface area contributed by atoms with E-state index in [1.807, 2.05) is 19.1 Å². The fraction of sp³-hybridized carbons (Fsp3) is 0.667. The summed E-state index contributed by atoms with van der Waals surface area (Å²) in [4.78, 5) is 6.87. The highest BCUT2D eigenvalue weighted by atomic mass is 16.5. The summed E-state index contributed by atoms with van der Waals surface area (Å²) in [7, 11) is 3.86. The molecule has 0 saturated carbocycles. The summed E-state index contributed by atoms with van der Waals surface area (Å²) in [5.74, 6) is 0.876. The van der Waals surface area contributed by atoms with Crippen LogP contribution < -0.4 is 10.1 Å². The Morgan fingerprint density at radius 2 is 2.16 bits per heavy atom. The molecule has 1 heterocycles. The number of likely N-dealkylation sites (N-methyl/N-ethyl adjacent to an activating group) is 1. The molecule has 0 saturated heterocycles. The molecule has 1 atom stereocenters. The molecule has 1 unspecified atom stereocenters. The molecule has 0 amide bonds. The van der Waals surface area contributed by atoms with Crippen molar-refractivity contribution in [3.8, 4) is 5.75 Å². The van der Waals surface area contributed by atoms with E-state index < -0.39 is 0 Å². The van der Waals surface area contributed by atoms with Gasteiger partial charge in [0.2, 0.25) is 0 Å². The predicted octanol–water partition coefficient (Wildman–Crippen LogP) is 2.22. The summed E-state index contributed by atoms with van der Waals surface area (Å²) >= 11 is 0. The van der Waals surface area contributed by atoms with Gasteiger partial charge in [-0.2, -0.15) is 0 Å². The summed E-state index contributed by atoms with van der Waals surface area (Å²) in [6, 6.07) is 4.57. The van der Waals surface area contributed by atoms with Crippen LogP contribution >= 0.6 is 0 Å². The second-order valence-corrected chi connectivity index (χ2v) is 5.05. The third kappa shape index (κ3) is 5.57. The number of hydrogen-bond acceptors (Lipinski definition) is 4. The van der Waals surface area contributed by atoms with Crippen molar-refractivity contribution in [3.05, 3.63) is 23.5 Å². The first-order valence-electron chi connectivity index (χ1n) is 6.99.